The lowest BCUT2D eigenvalue weighted by Crippen LogP contribution is -2.27. The zero-order valence-electron chi connectivity index (χ0n) is 11.9. The second kappa shape index (κ2) is 6.47. The molecular weight excluding hydrogens is 262 g/mol. The Labute approximate surface area is 125 Å². The SMILES string of the molecule is CCCNC1CSCc2ccc(-c3ccccc3)cc21. The number of hydrogen-bond acceptors (Lipinski definition) is 2. The van der Waals surface area contributed by atoms with Crippen LogP contribution in [0.1, 0.15) is 30.5 Å². The smallest absolute Gasteiger partial charge is 0.0415 e. The highest BCUT2D eigenvalue weighted by Gasteiger charge is 2.20. The topological polar surface area (TPSA) is 12.0 Å². The molecule has 20 heavy (non-hydrogen) atoms. The van der Waals surface area contributed by atoms with Crippen LogP contribution in [0.2, 0.25) is 0 Å². The van der Waals surface area contributed by atoms with Crippen molar-refractivity contribution in [2.45, 2.75) is 25.1 Å². The van der Waals surface area contributed by atoms with E-state index < -0.39 is 0 Å². The second-order valence-corrected chi connectivity index (χ2v) is 6.33. The van der Waals surface area contributed by atoms with E-state index in [-0.39, 0.29) is 0 Å². The van der Waals surface area contributed by atoms with Crippen molar-refractivity contribution in [3.8, 4) is 11.1 Å². The normalized spacial score (nSPS) is 17.8. The average Bonchev–Trinajstić information content (AvgIpc) is 2.53. The molecule has 2 heteroatoms. The van der Waals surface area contributed by atoms with E-state index in [1.54, 1.807) is 0 Å². The van der Waals surface area contributed by atoms with Crippen LogP contribution in [0.15, 0.2) is 48.5 Å². The molecule has 0 aromatic heterocycles. The first-order chi connectivity index (χ1) is 9.88. The Morgan fingerprint density at radius 1 is 1.10 bits per heavy atom. The maximum atomic E-state index is 3.69. The Morgan fingerprint density at radius 2 is 1.95 bits per heavy atom. The zero-order valence-corrected chi connectivity index (χ0v) is 12.7. The standard InChI is InChI=1S/C18H21NS/c1-2-10-19-18-13-20-12-16-9-8-15(11-17(16)18)14-6-4-3-5-7-14/h3-9,11,18-19H,2,10,12-13H2,1H3. The van der Waals surface area contributed by atoms with Crippen LogP contribution in [0.25, 0.3) is 11.1 Å². The van der Waals surface area contributed by atoms with Gasteiger partial charge in [-0.05, 0) is 41.3 Å². The van der Waals surface area contributed by atoms with Crippen molar-refractivity contribution in [1.82, 2.24) is 5.32 Å². The molecule has 0 radical (unpaired) electrons. The molecule has 0 spiro atoms. The van der Waals surface area contributed by atoms with E-state index in [9.17, 15) is 0 Å². The van der Waals surface area contributed by atoms with Crippen molar-refractivity contribution < 1.29 is 0 Å². The zero-order chi connectivity index (χ0) is 13.8. The van der Waals surface area contributed by atoms with Crippen LogP contribution in [0.5, 0.6) is 0 Å². The number of hydrogen-bond donors (Lipinski definition) is 1. The number of nitrogens with one attached hydrogen (secondary N) is 1. The van der Waals surface area contributed by atoms with Gasteiger partial charge in [0.1, 0.15) is 0 Å². The van der Waals surface area contributed by atoms with Crippen LogP contribution in [-0.2, 0) is 5.75 Å². The molecule has 2 aromatic rings. The largest absolute Gasteiger partial charge is 0.309 e. The predicted molar refractivity (Wildman–Crippen MR) is 89.1 cm³/mol. The van der Waals surface area contributed by atoms with E-state index >= 15 is 0 Å². The van der Waals surface area contributed by atoms with Gasteiger partial charge in [-0.2, -0.15) is 11.8 Å². The third-order valence-electron chi connectivity index (χ3n) is 3.81. The molecule has 1 nitrogen and oxygen atoms in total. The molecule has 1 N–H and O–H groups in total. The first-order valence-electron chi connectivity index (χ1n) is 7.38. The summed E-state index contributed by atoms with van der Waals surface area (Å²) in [6.07, 6.45) is 1.19. The second-order valence-electron chi connectivity index (χ2n) is 5.30. The molecule has 0 saturated carbocycles. The van der Waals surface area contributed by atoms with Crippen LogP contribution in [0.3, 0.4) is 0 Å². The van der Waals surface area contributed by atoms with E-state index in [0.29, 0.717) is 6.04 Å². The van der Waals surface area contributed by atoms with Crippen molar-refractivity contribution in [2.24, 2.45) is 0 Å². The Morgan fingerprint density at radius 3 is 2.75 bits per heavy atom. The fourth-order valence-electron chi connectivity index (χ4n) is 2.72. The van der Waals surface area contributed by atoms with Gasteiger partial charge in [-0.25, -0.2) is 0 Å². The fraction of sp³-hybridized carbons (Fsp3) is 0.333. The molecule has 1 aliphatic rings. The van der Waals surface area contributed by atoms with Crippen molar-refractivity contribution in [2.75, 3.05) is 12.3 Å². The Kier molecular flexibility index (Phi) is 4.44. The highest BCUT2D eigenvalue weighted by atomic mass is 32.2. The highest BCUT2D eigenvalue weighted by molar-refractivity contribution is 7.98. The third kappa shape index (κ3) is 2.92. The molecule has 0 fully saturated rings. The van der Waals surface area contributed by atoms with Crippen molar-refractivity contribution in [3.05, 3.63) is 59.7 Å². The van der Waals surface area contributed by atoms with Gasteiger partial charge in [0.15, 0.2) is 0 Å². The maximum absolute atomic E-state index is 3.69. The lowest BCUT2D eigenvalue weighted by Gasteiger charge is -2.27. The molecule has 1 unspecified atom stereocenters. The molecule has 0 amide bonds. The number of fused-ring (bicyclic) bond motifs is 1. The molecule has 0 saturated heterocycles. The summed E-state index contributed by atoms with van der Waals surface area (Å²) in [5.74, 6) is 2.33. The molecule has 3 rings (SSSR count). The van der Waals surface area contributed by atoms with Crippen molar-refractivity contribution in [3.63, 3.8) is 0 Å². The van der Waals surface area contributed by atoms with Gasteiger partial charge < -0.3 is 5.32 Å². The lowest BCUT2D eigenvalue weighted by atomic mass is 9.95. The number of rotatable bonds is 4. The summed E-state index contributed by atoms with van der Waals surface area (Å²) in [7, 11) is 0. The molecular formula is C18H21NS. The van der Waals surface area contributed by atoms with Crippen molar-refractivity contribution >= 4 is 11.8 Å². The van der Waals surface area contributed by atoms with Crippen LogP contribution in [0.4, 0.5) is 0 Å². The minimum atomic E-state index is 0.507. The highest BCUT2D eigenvalue weighted by Crippen LogP contribution is 2.34. The maximum Gasteiger partial charge on any atom is 0.0415 e. The fourth-order valence-corrected chi connectivity index (χ4v) is 3.86. The minimum Gasteiger partial charge on any atom is -0.309 e. The van der Waals surface area contributed by atoms with Crippen LogP contribution in [0, 0.1) is 0 Å². The summed E-state index contributed by atoms with van der Waals surface area (Å²) in [5, 5.41) is 3.69. The average molecular weight is 283 g/mol. The first kappa shape index (κ1) is 13.7. The monoisotopic (exact) mass is 283 g/mol. The Balaban J connectivity index is 1.93. The summed E-state index contributed by atoms with van der Waals surface area (Å²) in [4.78, 5) is 0. The van der Waals surface area contributed by atoms with Gasteiger partial charge in [0.05, 0.1) is 0 Å². The molecule has 1 heterocycles. The van der Waals surface area contributed by atoms with Gasteiger partial charge in [0.2, 0.25) is 0 Å². The summed E-state index contributed by atoms with van der Waals surface area (Å²) in [5.41, 5.74) is 5.63. The van der Waals surface area contributed by atoms with Crippen LogP contribution >= 0.6 is 11.8 Å². The Bertz CT molecular complexity index is 565. The summed E-state index contributed by atoms with van der Waals surface area (Å²) in [6, 6.07) is 18.1. The summed E-state index contributed by atoms with van der Waals surface area (Å²) < 4.78 is 0. The predicted octanol–water partition coefficient (Wildman–Crippen LogP) is 4.64. The van der Waals surface area contributed by atoms with Crippen LogP contribution in [-0.4, -0.2) is 12.3 Å². The number of benzene rings is 2. The van der Waals surface area contributed by atoms with E-state index in [1.807, 2.05) is 11.8 Å². The lowest BCUT2D eigenvalue weighted by molar-refractivity contribution is 0.571. The van der Waals surface area contributed by atoms with Gasteiger partial charge in [-0.15, -0.1) is 0 Å². The molecule has 1 aliphatic heterocycles. The summed E-state index contributed by atoms with van der Waals surface area (Å²) >= 11 is 2.04. The van der Waals surface area contributed by atoms with Gasteiger partial charge >= 0.3 is 0 Å². The minimum absolute atomic E-state index is 0.507. The number of thioether (sulfide) groups is 1. The molecule has 0 bridgehead atoms. The molecule has 1 atom stereocenters. The molecule has 2 aromatic carbocycles. The molecule has 0 aliphatic carbocycles. The van der Waals surface area contributed by atoms with Crippen LogP contribution < -0.4 is 5.32 Å². The van der Waals surface area contributed by atoms with Gasteiger partial charge in [0, 0.05) is 17.5 Å². The van der Waals surface area contributed by atoms with Gasteiger partial charge in [0.25, 0.3) is 0 Å². The van der Waals surface area contributed by atoms with E-state index in [0.717, 1.165) is 12.3 Å². The molecule has 104 valence electrons. The van der Waals surface area contributed by atoms with Crippen molar-refractivity contribution in [1.29, 1.82) is 0 Å². The summed E-state index contributed by atoms with van der Waals surface area (Å²) in [6.45, 7) is 3.32. The van der Waals surface area contributed by atoms with Gasteiger partial charge in [-0.3, -0.25) is 0 Å². The van der Waals surface area contributed by atoms with Gasteiger partial charge in [-0.1, -0.05) is 49.4 Å². The quantitative estimate of drug-likeness (QED) is 0.877. The third-order valence-corrected chi connectivity index (χ3v) is 4.90. The van der Waals surface area contributed by atoms with E-state index in [1.165, 1.54) is 34.4 Å². The van der Waals surface area contributed by atoms with E-state index in [4.69, 9.17) is 0 Å². The Hall–Kier alpha value is -1.25. The first-order valence-corrected chi connectivity index (χ1v) is 8.53. The van der Waals surface area contributed by atoms with E-state index in [2.05, 4.69) is 60.8 Å².